The van der Waals surface area contributed by atoms with Crippen LogP contribution in [0.15, 0.2) is 6.20 Å². The molecule has 0 saturated heterocycles. The van der Waals surface area contributed by atoms with Crippen LogP contribution in [0, 0.1) is 0 Å². The summed E-state index contributed by atoms with van der Waals surface area (Å²) in [5, 5.41) is 12.1. The second-order valence-electron chi connectivity index (χ2n) is 6.18. The minimum absolute atomic E-state index is 0.289. The predicted octanol–water partition coefficient (Wildman–Crippen LogP) is 1.99. The summed E-state index contributed by atoms with van der Waals surface area (Å²) in [7, 11) is 1.94. The molecule has 1 atom stereocenters. The Morgan fingerprint density at radius 2 is 1.95 bits per heavy atom. The molecule has 0 radical (unpaired) electrons. The van der Waals surface area contributed by atoms with Gasteiger partial charge in [-0.25, -0.2) is 0 Å². The van der Waals surface area contributed by atoms with Crippen molar-refractivity contribution in [2.24, 2.45) is 7.05 Å². The molecule has 5 heteroatoms. The zero-order valence-corrected chi connectivity index (χ0v) is 14.1. The molecule has 0 aromatic carbocycles. The maximum Gasteiger partial charge on any atom is 0.0843 e. The van der Waals surface area contributed by atoms with E-state index in [1.807, 2.05) is 7.05 Å². The highest BCUT2D eigenvalue weighted by Gasteiger charge is 2.44. The van der Waals surface area contributed by atoms with Crippen molar-refractivity contribution in [1.29, 1.82) is 0 Å². The standard InChI is InChI=1S/C16H31N5/c1-5-17-15(12-14-13-20(4)19-18-14)16(10-8-9-11-16)21(6-2)7-3/h13,15,17H,5-12H2,1-4H3. The van der Waals surface area contributed by atoms with E-state index < -0.39 is 0 Å². The first-order valence-corrected chi connectivity index (χ1v) is 8.49. The van der Waals surface area contributed by atoms with Crippen LogP contribution in [0.4, 0.5) is 0 Å². The molecule has 1 aliphatic rings. The van der Waals surface area contributed by atoms with E-state index in [1.165, 1.54) is 25.7 Å². The normalized spacial score (nSPS) is 19.3. The Kier molecular flexibility index (Phi) is 5.76. The third-order valence-electron chi connectivity index (χ3n) is 5.03. The lowest BCUT2D eigenvalue weighted by molar-refractivity contribution is 0.0632. The first kappa shape index (κ1) is 16.4. The molecule has 1 saturated carbocycles. The van der Waals surface area contributed by atoms with Crippen molar-refractivity contribution in [3.05, 3.63) is 11.9 Å². The summed E-state index contributed by atoms with van der Waals surface area (Å²) in [5.41, 5.74) is 1.39. The molecule has 1 unspecified atom stereocenters. The van der Waals surface area contributed by atoms with E-state index in [0.29, 0.717) is 6.04 Å². The Morgan fingerprint density at radius 1 is 1.29 bits per heavy atom. The summed E-state index contributed by atoms with van der Waals surface area (Å²) >= 11 is 0. The number of nitrogens with zero attached hydrogens (tertiary/aromatic N) is 4. The summed E-state index contributed by atoms with van der Waals surface area (Å²) in [6, 6.07) is 0.460. The lowest BCUT2D eigenvalue weighted by Gasteiger charge is -2.46. The highest BCUT2D eigenvalue weighted by atomic mass is 15.4. The third-order valence-corrected chi connectivity index (χ3v) is 5.03. The fourth-order valence-corrected chi connectivity index (χ4v) is 4.12. The van der Waals surface area contributed by atoms with E-state index in [4.69, 9.17) is 0 Å². The largest absolute Gasteiger partial charge is 0.312 e. The predicted molar refractivity (Wildman–Crippen MR) is 86.3 cm³/mol. The lowest BCUT2D eigenvalue weighted by Crippen LogP contribution is -2.60. The number of aromatic nitrogens is 3. The van der Waals surface area contributed by atoms with Gasteiger partial charge in [0.25, 0.3) is 0 Å². The maximum atomic E-state index is 4.31. The van der Waals surface area contributed by atoms with Crippen LogP contribution in [0.5, 0.6) is 0 Å². The summed E-state index contributed by atoms with van der Waals surface area (Å²) in [6.45, 7) is 10.0. The van der Waals surface area contributed by atoms with Crippen LogP contribution >= 0.6 is 0 Å². The number of hydrogen-bond acceptors (Lipinski definition) is 4. The van der Waals surface area contributed by atoms with Crippen LogP contribution in [0.1, 0.15) is 52.1 Å². The summed E-state index contributed by atoms with van der Waals surface area (Å²) in [5.74, 6) is 0. The SMILES string of the molecule is CCNC(Cc1cn(C)nn1)C1(N(CC)CC)CCCC1. The molecule has 1 heterocycles. The van der Waals surface area contributed by atoms with Crippen molar-refractivity contribution in [2.75, 3.05) is 19.6 Å². The second-order valence-corrected chi connectivity index (χ2v) is 6.18. The monoisotopic (exact) mass is 293 g/mol. The molecule has 0 aliphatic heterocycles. The van der Waals surface area contributed by atoms with Crippen LogP contribution in [-0.2, 0) is 13.5 Å². The van der Waals surface area contributed by atoms with E-state index in [-0.39, 0.29) is 5.54 Å². The molecule has 120 valence electrons. The molecule has 1 aromatic rings. The zero-order chi connectivity index (χ0) is 15.3. The number of likely N-dealkylation sites (N-methyl/N-ethyl adjacent to an activating group) is 2. The van der Waals surface area contributed by atoms with Gasteiger partial charge in [0.2, 0.25) is 0 Å². The molecule has 2 rings (SSSR count). The van der Waals surface area contributed by atoms with Gasteiger partial charge < -0.3 is 5.32 Å². The minimum atomic E-state index is 0.289. The van der Waals surface area contributed by atoms with Gasteiger partial charge in [-0.05, 0) is 32.5 Å². The molecular formula is C16H31N5. The number of aryl methyl sites for hydroxylation is 1. The average molecular weight is 293 g/mol. The Morgan fingerprint density at radius 3 is 2.43 bits per heavy atom. The molecule has 21 heavy (non-hydrogen) atoms. The Balaban J connectivity index is 2.23. The van der Waals surface area contributed by atoms with Gasteiger partial charge in [-0.3, -0.25) is 9.58 Å². The van der Waals surface area contributed by atoms with Crippen molar-refractivity contribution >= 4 is 0 Å². The van der Waals surface area contributed by atoms with Gasteiger partial charge >= 0.3 is 0 Å². The molecule has 1 aliphatic carbocycles. The van der Waals surface area contributed by atoms with Gasteiger partial charge in [-0.15, -0.1) is 5.10 Å². The molecule has 1 N–H and O–H groups in total. The van der Waals surface area contributed by atoms with Crippen molar-refractivity contribution < 1.29 is 0 Å². The van der Waals surface area contributed by atoms with E-state index in [2.05, 4.69) is 47.5 Å². The van der Waals surface area contributed by atoms with Gasteiger partial charge in [0.15, 0.2) is 0 Å². The van der Waals surface area contributed by atoms with Crippen LogP contribution in [-0.4, -0.2) is 51.1 Å². The first-order chi connectivity index (χ1) is 10.2. The number of hydrogen-bond donors (Lipinski definition) is 1. The fourth-order valence-electron chi connectivity index (χ4n) is 4.12. The van der Waals surface area contributed by atoms with Gasteiger partial charge in [0.05, 0.1) is 5.69 Å². The second kappa shape index (κ2) is 7.36. The van der Waals surface area contributed by atoms with Crippen LogP contribution in [0.3, 0.4) is 0 Å². The smallest absolute Gasteiger partial charge is 0.0843 e. The molecule has 0 spiro atoms. The van der Waals surface area contributed by atoms with E-state index >= 15 is 0 Å². The van der Waals surface area contributed by atoms with Gasteiger partial charge in [0, 0.05) is 31.2 Å². The Hall–Kier alpha value is -0.940. The van der Waals surface area contributed by atoms with Crippen LogP contribution < -0.4 is 5.32 Å². The maximum absolute atomic E-state index is 4.31. The highest BCUT2D eigenvalue weighted by molar-refractivity contribution is 5.08. The molecule has 1 fully saturated rings. The number of rotatable bonds is 8. The van der Waals surface area contributed by atoms with Crippen molar-refractivity contribution in [1.82, 2.24) is 25.2 Å². The van der Waals surface area contributed by atoms with E-state index in [9.17, 15) is 0 Å². The van der Waals surface area contributed by atoms with E-state index in [0.717, 1.165) is 31.7 Å². The van der Waals surface area contributed by atoms with Gasteiger partial charge in [0.1, 0.15) is 0 Å². The van der Waals surface area contributed by atoms with E-state index in [1.54, 1.807) is 4.68 Å². The van der Waals surface area contributed by atoms with Gasteiger partial charge in [-0.2, -0.15) is 0 Å². The van der Waals surface area contributed by atoms with Crippen molar-refractivity contribution in [2.45, 2.75) is 64.5 Å². The first-order valence-electron chi connectivity index (χ1n) is 8.49. The molecule has 1 aromatic heterocycles. The van der Waals surface area contributed by atoms with Crippen LogP contribution in [0.2, 0.25) is 0 Å². The zero-order valence-electron chi connectivity index (χ0n) is 14.1. The Bertz CT molecular complexity index is 418. The number of nitrogens with one attached hydrogen (secondary N) is 1. The highest BCUT2D eigenvalue weighted by Crippen LogP contribution is 2.39. The quantitative estimate of drug-likeness (QED) is 0.796. The minimum Gasteiger partial charge on any atom is -0.312 e. The third kappa shape index (κ3) is 3.46. The Labute approximate surface area is 129 Å². The van der Waals surface area contributed by atoms with Crippen LogP contribution in [0.25, 0.3) is 0 Å². The van der Waals surface area contributed by atoms with Gasteiger partial charge in [-0.1, -0.05) is 38.8 Å². The fraction of sp³-hybridized carbons (Fsp3) is 0.875. The average Bonchev–Trinajstić information content (AvgIpc) is 3.10. The lowest BCUT2D eigenvalue weighted by atomic mass is 9.83. The topological polar surface area (TPSA) is 46.0 Å². The molecule has 0 amide bonds. The van der Waals surface area contributed by atoms with Crippen molar-refractivity contribution in [3.63, 3.8) is 0 Å². The molecule has 0 bridgehead atoms. The molecule has 5 nitrogen and oxygen atoms in total. The summed E-state index contributed by atoms with van der Waals surface area (Å²) in [6.07, 6.45) is 8.31. The molecular weight excluding hydrogens is 262 g/mol. The van der Waals surface area contributed by atoms with Crippen molar-refractivity contribution in [3.8, 4) is 0 Å². The summed E-state index contributed by atoms with van der Waals surface area (Å²) in [4.78, 5) is 2.67. The summed E-state index contributed by atoms with van der Waals surface area (Å²) < 4.78 is 1.80.